The van der Waals surface area contributed by atoms with E-state index in [0.717, 1.165) is 11.1 Å². The number of hydrazone groups is 1. The highest BCUT2D eigenvalue weighted by atomic mass is 16.7. The van der Waals surface area contributed by atoms with Crippen LogP contribution in [-0.2, 0) is 4.84 Å². The zero-order valence-electron chi connectivity index (χ0n) is 8.42. The molecule has 0 saturated carbocycles. The van der Waals surface area contributed by atoms with E-state index in [1.165, 1.54) is 10.5 Å². The zero-order valence-corrected chi connectivity index (χ0v) is 8.42. The SMILES string of the molecule is NC1=NN(c2ccc3ccccc3c2)NO1. The molecule has 3 rings (SSSR count). The topological polar surface area (TPSA) is 62.9 Å². The van der Waals surface area contributed by atoms with Gasteiger partial charge in [-0.25, -0.2) is 0 Å². The van der Waals surface area contributed by atoms with Crippen LogP contribution < -0.4 is 16.4 Å². The van der Waals surface area contributed by atoms with Crippen molar-refractivity contribution in [3.63, 3.8) is 0 Å². The number of benzene rings is 2. The lowest BCUT2D eigenvalue weighted by atomic mass is 10.1. The Morgan fingerprint density at radius 2 is 1.94 bits per heavy atom. The second-order valence-electron chi connectivity index (χ2n) is 3.47. The third-order valence-electron chi connectivity index (χ3n) is 2.41. The summed E-state index contributed by atoms with van der Waals surface area (Å²) in [6, 6.07) is 14.2. The average Bonchev–Trinajstić information content (AvgIpc) is 2.75. The zero-order chi connectivity index (χ0) is 11.0. The molecule has 0 radical (unpaired) electrons. The van der Waals surface area contributed by atoms with E-state index in [1.807, 2.05) is 36.4 Å². The van der Waals surface area contributed by atoms with E-state index in [2.05, 4.69) is 16.8 Å². The number of hydrogen-bond acceptors (Lipinski definition) is 5. The van der Waals surface area contributed by atoms with E-state index in [-0.39, 0.29) is 6.02 Å². The van der Waals surface area contributed by atoms with Gasteiger partial charge in [-0.2, -0.15) is 5.12 Å². The van der Waals surface area contributed by atoms with Crippen molar-refractivity contribution in [2.75, 3.05) is 5.12 Å². The summed E-state index contributed by atoms with van der Waals surface area (Å²) in [7, 11) is 0. The standard InChI is InChI=1S/C11H10N4O/c12-11-13-15(14-16-11)10-6-5-8-3-1-2-4-9(8)7-10/h1-7,14H,(H2,12,13). The fraction of sp³-hybridized carbons (Fsp3) is 0. The molecule has 3 N–H and O–H groups in total. The first-order chi connectivity index (χ1) is 7.83. The van der Waals surface area contributed by atoms with Crippen LogP contribution in [0, 0.1) is 0 Å². The summed E-state index contributed by atoms with van der Waals surface area (Å²) >= 11 is 0. The van der Waals surface area contributed by atoms with Crippen molar-refractivity contribution in [2.45, 2.75) is 0 Å². The van der Waals surface area contributed by atoms with E-state index in [9.17, 15) is 0 Å². The van der Waals surface area contributed by atoms with Crippen LogP contribution in [-0.4, -0.2) is 6.02 Å². The Balaban J connectivity index is 2.05. The highest BCUT2D eigenvalue weighted by molar-refractivity contribution is 5.86. The molecule has 5 nitrogen and oxygen atoms in total. The summed E-state index contributed by atoms with van der Waals surface area (Å²) in [6.07, 6.45) is 0. The number of anilines is 1. The maximum Gasteiger partial charge on any atom is 0.327 e. The largest absolute Gasteiger partial charge is 0.351 e. The summed E-state index contributed by atoms with van der Waals surface area (Å²) in [4.78, 5) is 4.84. The van der Waals surface area contributed by atoms with E-state index >= 15 is 0 Å². The summed E-state index contributed by atoms with van der Waals surface area (Å²) in [5.74, 6) is 0. The number of hydrazine groups is 1. The van der Waals surface area contributed by atoms with Gasteiger partial charge in [0.2, 0.25) is 0 Å². The minimum atomic E-state index is 0.105. The van der Waals surface area contributed by atoms with Crippen LogP contribution in [0.5, 0.6) is 0 Å². The molecule has 0 spiro atoms. The van der Waals surface area contributed by atoms with Crippen LogP contribution in [0.15, 0.2) is 47.6 Å². The lowest BCUT2D eigenvalue weighted by molar-refractivity contribution is 0.199. The van der Waals surface area contributed by atoms with Gasteiger partial charge in [0, 0.05) is 0 Å². The Morgan fingerprint density at radius 1 is 1.12 bits per heavy atom. The minimum absolute atomic E-state index is 0.105. The molecule has 1 heterocycles. The number of hydrogen-bond donors (Lipinski definition) is 2. The quantitative estimate of drug-likeness (QED) is 0.751. The average molecular weight is 214 g/mol. The van der Waals surface area contributed by atoms with Gasteiger partial charge >= 0.3 is 6.02 Å². The van der Waals surface area contributed by atoms with E-state index in [1.54, 1.807) is 0 Å². The van der Waals surface area contributed by atoms with Crippen LogP contribution in [0.4, 0.5) is 5.69 Å². The van der Waals surface area contributed by atoms with Crippen molar-refractivity contribution in [1.29, 1.82) is 0 Å². The monoisotopic (exact) mass is 214 g/mol. The summed E-state index contributed by atoms with van der Waals surface area (Å²) < 4.78 is 0. The Labute approximate surface area is 92.0 Å². The molecule has 0 atom stereocenters. The van der Waals surface area contributed by atoms with Gasteiger partial charge in [0.05, 0.1) is 5.69 Å². The van der Waals surface area contributed by atoms with Crippen molar-refractivity contribution in [3.8, 4) is 0 Å². The molecular weight excluding hydrogens is 204 g/mol. The molecule has 1 aliphatic heterocycles. The van der Waals surface area contributed by atoms with Gasteiger partial charge in [-0.1, -0.05) is 35.4 Å². The first-order valence-electron chi connectivity index (χ1n) is 4.88. The molecule has 0 amide bonds. The smallest absolute Gasteiger partial charge is 0.327 e. The Morgan fingerprint density at radius 3 is 2.69 bits per heavy atom. The van der Waals surface area contributed by atoms with E-state index in [0.29, 0.717) is 0 Å². The van der Waals surface area contributed by atoms with Gasteiger partial charge < -0.3 is 10.6 Å². The maximum atomic E-state index is 5.40. The number of nitrogens with zero attached hydrogens (tertiary/aromatic N) is 2. The van der Waals surface area contributed by atoms with Gasteiger partial charge in [0.15, 0.2) is 0 Å². The molecule has 5 heteroatoms. The van der Waals surface area contributed by atoms with Gasteiger partial charge in [-0.3, -0.25) is 0 Å². The van der Waals surface area contributed by atoms with Gasteiger partial charge in [0.1, 0.15) is 0 Å². The predicted molar refractivity (Wildman–Crippen MR) is 62.3 cm³/mol. The fourth-order valence-corrected chi connectivity index (χ4v) is 1.65. The highest BCUT2D eigenvalue weighted by Crippen LogP contribution is 2.22. The van der Waals surface area contributed by atoms with Crippen molar-refractivity contribution in [1.82, 2.24) is 5.59 Å². The van der Waals surface area contributed by atoms with Gasteiger partial charge in [-0.05, 0) is 28.5 Å². The molecule has 1 aliphatic rings. The number of amidine groups is 1. The molecule has 0 fully saturated rings. The molecule has 2 aromatic rings. The van der Waals surface area contributed by atoms with Crippen LogP contribution in [0.3, 0.4) is 0 Å². The Hall–Kier alpha value is -2.27. The molecule has 0 aliphatic carbocycles. The lowest BCUT2D eigenvalue weighted by Gasteiger charge is -2.11. The van der Waals surface area contributed by atoms with Crippen molar-refractivity contribution in [2.24, 2.45) is 10.8 Å². The molecule has 2 aromatic carbocycles. The fourth-order valence-electron chi connectivity index (χ4n) is 1.65. The molecule has 0 aromatic heterocycles. The van der Waals surface area contributed by atoms with Gasteiger partial charge in [-0.15, -0.1) is 0 Å². The molecule has 0 bridgehead atoms. The minimum Gasteiger partial charge on any atom is -0.351 e. The van der Waals surface area contributed by atoms with Crippen molar-refractivity contribution in [3.05, 3.63) is 42.5 Å². The van der Waals surface area contributed by atoms with Crippen molar-refractivity contribution < 1.29 is 4.84 Å². The van der Waals surface area contributed by atoms with Crippen LogP contribution in [0.1, 0.15) is 0 Å². The third-order valence-corrected chi connectivity index (χ3v) is 2.41. The molecule has 0 unspecified atom stereocenters. The Kier molecular flexibility index (Phi) is 1.91. The van der Waals surface area contributed by atoms with E-state index < -0.39 is 0 Å². The normalized spacial score (nSPS) is 15.0. The number of fused-ring (bicyclic) bond motifs is 1. The van der Waals surface area contributed by atoms with Gasteiger partial charge in [0.25, 0.3) is 0 Å². The molecule has 80 valence electrons. The second-order valence-corrected chi connectivity index (χ2v) is 3.47. The molecule has 0 saturated heterocycles. The summed E-state index contributed by atoms with van der Waals surface area (Å²) in [5.41, 5.74) is 8.86. The Bertz CT molecular complexity index is 567. The first kappa shape index (κ1) is 8.99. The van der Waals surface area contributed by atoms with Crippen molar-refractivity contribution >= 4 is 22.5 Å². The molecular formula is C11H10N4O. The number of nitrogens with two attached hydrogens (primary N) is 1. The number of nitrogens with one attached hydrogen (secondary N) is 1. The second kappa shape index (κ2) is 3.39. The predicted octanol–water partition coefficient (Wildman–Crippen LogP) is 1.33. The lowest BCUT2D eigenvalue weighted by Crippen LogP contribution is -2.27. The summed E-state index contributed by atoms with van der Waals surface area (Å²) in [5, 5.41) is 7.77. The van der Waals surface area contributed by atoms with E-state index in [4.69, 9.17) is 10.6 Å². The number of rotatable bonds is 1. The first-order valence-corrected chi connectivity index (χ1v) is 4.88. The van der Waals surface area contributed by atoms with Crippen LogP contribution in [0.25, 0.3) is 10.8 Å². The molecule has 16 heavy (non-hydrogen) atoms. The summed E-state index contributed by atoms with van der Waals surface area (Å²) in [6.45, 7) is 0. The third kappa shape index (κ3) is 1.43. The highest BCUT2D eigenvalue weighted by Gasteiger charge is 2.14. The maximum absolute atomic E-state index is 5.40. The van der Waals surface area contributed by atoms with Crippen LogP contribution >= 0.6 is 0 Å². The van der Waals surface area contributed by atoms with Crippen LogP contribution in [0.2, 0.25) is 0 Å².